The van der Waals surface area contributed by atoms with Gasteiger partial charge in [-0.15, -0.1) is 11.3 Å². The van der Waals surface area contributed by atoms with Crippen molar-refractivity contribution in [2.24, 2.45) is 0 Å². The van der Waals surface area contributed by atoms with Crippen molar-refractivity contribution in [1.82, 2.24) is 5.32 Å². The van der Waals surface area contributed by atoms with Gasteiger partial charge in [0.15, 0.2) is 0 Å². The molecular weight excluding hydrogens is 262 g/mol. The van der Waals surface area contributed by atoms with E-state index < -0.39 is 0 Å². The highest BCUT2D eigenvalue weighted by molar-refractivity contribution is 7.10. The Balaban J connectivity index is 1.81. The third kappa shape index (κ3) is 4.46. The molecular formula is C18H25NS. The lowest BCUT2D eigenvalue weighted by molar-refractivity contribution is 0.480. The van der Waals surface area contributed by atoms with Crippen molar-refractivity contribution < 1.29 is 0 Å². The summed E-state index contributed by atoms with van der Waals surface area (Å²) in [5.74, 6) is 0.620. The van der Waals surface area contributed by atoms with Crippen molar-refractivity contribution in [3.8, 4) is 0 Å². The molecule has 2 atom stereocenters. The predicted octanol–water partition coefficient (Wildman–Crippen LogP) is 5.37. The number of hydrogen-bond acceptors (Lipinski definition) is 2. The molecule has 0 amide bonds. The standard InChI is InChI=1S/C18H25NS/c1-3-8-17(18-11-7-14-20-18)19-13-12-15(2)16-9-5-4-6-10-16/h4-7,9-11,14-15,17,19H,3,8,12-13H2,1-2H3. The number of benzene rings is 1. The number of nitrogens with one attached hydrogen (secondary N) is 1. The van der Waals surface area contributed by atoms with E-state index in [4.69, 9.17) is 0 Å². The van der Waals surface area contributed by atoms with Crippen LogP contribution < -0.4 is 5.32 Å². The molecule has 1 heterocycles. The molecule has 0 saturated carbocycles. The van der Waals surface area contributed by atoms with Crippen molar-refractivity contribution in [3.63, 3.8) is 0 Å². The fourth-order valence-corrected chi connectivity index (χ4v) is 3.38. The molecule has 2 heteroatoms. The van der Waals surface area contributed by atoms with Crippen LogP contribution in [0.3, 0.4) is 0 Å². The lowest BCUT2D eigenvalue weighted by atomic mass is 9.98. The van der Waals surface area contributed by atoms with Crippen LogP contribution in [0.1, 0.15) is 55.5 Å². The second kappa shape index (κ2) is 8.23. The SMILES string of the molecule is CCCC(NCCC(C)c1ccccc1)c1cccs1. The van der Waals surface area contributed by atoms with Crippen LogP contribution in [0, 0.1) is 0 Å². The van der Waals surface area contributed by atoms with Crippen LogP contribution in [0.4, 0.5) is 0 Å². The van der Waals surface area contributed by atoms with E-state index in [1.165, 1.54) is 29.7 Å². The van der Waals surface area contributed by atoms with Crippen LogP contribution in [0.5, 0.6) is 0 Å². The smallest absolute Gasteiger partial charge is 0.0414 e. The molecule has 20 heavy (non-hydrogen) atoms. The Morgan fingerprint density at radius 2 is 1.85 bits per heavy atom. The van der Waals surface area contributed by atoms with E-state index in [0.29, 0.717) is 12.0 Å². The van der Waals surface area contributed by atoms with E-state index in [1.807, 2.05) is 11.3 Å². The van der Waals surface area contributed by atoms with Gasteiger partial charge in [0.1, 0.15) is 0 Å². The van der Waals surface area contributed by atoms with Gasteiger partial charge in [-0.05, 0) is 42.3 Å². The summed E-state index contributed by atoms with van der Waals surface area (Å²) >= 11 is 1.86. The zero-order valence-electron chi connectivity index (χ0n) is 12.5. The summed E-state index contributed by atoms with van der Waals surface area (Å²) in [6.45, 7) is 5.66. The normalized spacial score (nSPS) is 14.1. The Kier molecular flexibility index (Phi) is 6.28. The summed E-state index contributed by atoms with van der Waals surface area (Å²) in [6, 6.07) is 15.7. The van der Waals surface area contributed by atoms with Gasteiger partial charge in [-0.2, -0.15) is 0 Å². The maximum atomic E-state index is 3.73. The highest BCUT2D eigenvalue weighted by Crippen LogP contribution is 2.24. The lowest BCUT2D eigenvalue weighted by Crippen LogP contribution is -2.22. The highest BCUT2D eigenvalue weighted by atomic mass is 32.1. The van der Waals surface area contributed by atoms with Gasteiger partial charge in [0.05, 0.1) is 0 Å². The van der Waals surface area contributed by atoms with Gasteiger partial charge < -0.3 is 5.32 Å². The largest absolute Gasteiger partial charge is 0.309 e. The van der Waals surface area contributed by atoms with Gasteiger partial charge in [0.2, 0.25) is 0 Å². The van der Waals surface area contributed by atoms with Crippen LogP contribution in [0.15, 0.2) is 47.8 Å². The third-order valence-corrected chi connectivity index (χ3v) is 4.79. The predicted molar refractivity (Wildman–Crippen MR) is 89.4 cm³/mol. The summed E-state index contributed by atoms with van der Waals surface area (Å²) in [5, 5.41) is 5.91. The maximum Gasteiger partial charge on any atom is 0.0414 e. The molecule has 0 fully saturated rings. The van der Waals surface area contributed by atoms with Crippen molar-refractivity contribution in [2.45, 2.75) is 45.1 Å². The molecule has 2 unspecified atom stereocenters. The van der Waals surface area contributed by atoms with Gasteiger partial charge in [-0.1, -0.05) is 56.7 Å². The number of hydrogen-bond donors (Lipinski definition) is 1. The first-order chi connectivity index (χ1) is 9.81. The quantitative estimate of drug-likeness (QED) is 0.688. The van der Waals surface area contributed by atoms with E-state index in [-0.39, 0.29) is 0 Å². The lowest BCUT2D eigenvalue weighted by Gasteiger charge is -2.19. The van der Waals surface area contributed by atoms with Crippen LogP contribution in [-0.4, -0.2) is 6.54 Å². The molecule has 2 aromatic rings. The maximum absolute atomic E-state index is 3.73. The van der Waals surface area contributed by atoms with E-state index in [2.05, 4.69) is 67.0 Å². The first-order valence-corrected chi connectivity index (χ1v) is 8.51. The Bertz CT molecular complexity index is 463. The van der Waals surface area contributed by atoms with Gasteiger partial charge in [0.25, 0.3) is 0 Å². The van der Waals surface area contributed by atoms with Crippen molar-refractivity contribution >= 4 is 11.3 Å². The molecule has 0 saturated heterocycles. The van der Waals surface area contributed by atoms with E-state index >= 15 is 0 Å². The van der Waals surface area contributed by atoms with E-state index in [0.717, 1.165) is 6.54 Å². The Morgan fingerprint density at radius 3 is 2.50 bits per heavy atom. The Labute approximate surface area is 127 Å². The van der Waals surface area contributed by atoms with E-state index in [1.54, 1.807) is 0 Å². The molecule has 0 aliphatic heterocycles. The number of rotatable bonds is 8. The summed E-state index contributed by atoms with van der Waals surface area (Å²) in [4.78, 5) is 1.47. The average Bonchev–Trinajstić information content (AvgIpc) is 3.01. The Hall–Kier alpha value is -1.12. The minimum atomic E-state index is 0.531. The average molecular weight is 287 g/mol. The van der Waals surface area contributed by atoms with Crippen LogP contribution in [0.25, 0.3) is 0 Å². The van der Waals surface area contributed by atoms with E-state index in [9.17, 15) is 0 Å². The van der Waals surface area contributed by atoms with Crippen molar-refractivity contribution in [3.05, 3.63) is 58.3 Å². The first-order valence-electron chi connectivity index (χ1n) is 7.63. The van der Waals surface area contributed by atoms with Crippen LogP contribution in [0.2, 0.25) is 0 Å². The van der Waals surface area contributed by atoms with Gasteiger partial charge in [0, 0.05) is 10.9 Å². The van der Waals surface area contributed by atoms with Crippen molar-refractivity contribution in [2.75, 3.05) is 6.54 Å². The summed E-state index contributed by atoms with van der Waals surface area (Å²) < 4.78 is 0. The molecule has 0 aliphatic rings. The minimum Gasteiger partial charge on any atom is -0.309 e. The third-order valence-electron chi connectivity index (χ3n) is 3.80. The molecule has 1 aromatic carbocycles. The Morgan fingerprint density at radius 1 is 1.05 bits per heavy atom. The molecule has 0 aliphatic carbocycles. The summed E-state index contributed by atoms with van der Waals surface area (Å²) in [6.07, 6.45) is 3.64. The molecule has 0 radical (unpaired) electrons. The second-order valence-electron chi connectivity index (χ2n) is 5.41. The molecule has 0 spiro atoms. The summed E-state index contributed by atoms with van der Waals surface area (Å²) in [7, 11) is 0. The summed E-state index contributed by atoms with van der Waals surface area (Å²) in [5.41, 5.74) is 1.44. The van der Waals surface area contributed by atoms with Crippen molar-refractivity contribution in [1.29, 1.82) is 0 Å². The van der Waals surface area contributed by atoms with Gasteiger partial charge in [-0.25, -0.2) is 0 Å². The molecule has 0 bridgehead atoms. The highest BCUT2D eigenvalue weighted by Gasteiger charge is 2.11. The van der Waals surface area contributed by atoms with Crippen LogP contribution in [-0.2, 0) is 0 Å². The molecule has 1 aromatic heterocycles. The molecule has 108 valence electrons. The monoisotopic (exact) mass is 287 g/mol. The zero-order chi connectivity index (χ0) is 14.2. The fraction of sp³-hybridized carbons (Fsp3) is 0.444. The van der Waals surface area contributed by atoms with Gasteiger partial charge in [-0.3, -0.25) is 0 Å². The number of thiophene rings is 1. The molecule has 2 rings (SSSR count). The zero-order valence-corrected chi connectivity index (χ0v) is 13.3. The minimum absolute atomic E-state index is 0.531. The fourth-order valence-electron chi connectivity index (χ4n) is 2.55. The topological polar surface area (TPSA) is 12.0 Å². The van der Waals surface area contributed by atoms with Gasteiger partial charge >= 0.3 is 0 Å². The van der Waals surface area contributed by atoms with Crippen LogP contribution >= 0.6 is 11.3 Å². The second-order valence-corrected chi connectivity index (χ2v) is 6.39. The molecule has 1 nitrogen and oxygen atoms in total. The molecule has 1 N–H and O–H groups in total. The first kappa shape index (κ1) is 15.3.